The fourth-order valence-corrected chi connectivity index (χ4v) is 2.07. The smallest absolute Gasteiger partial charge is 0.326 e. The van der Waals surface area contributed by atoms with Crippen LogP contribution in [0.5, 0.6) is 0 Å². The summed E-state index contributed by atoms with van der Waals surface area (Å²) in [4.78, 5) is 11.9. The van der Waals surface area contributed by atoms with Crippen molar-refractivity contribution in [2.75, 3.05) is 5.32 Å². The summed E-state index contributed by atoms with van der Waals surface area (Å²) in [5.74, 6) is 2.18. The highest BCUT2D eigenvalue weighted by molar-refractivity contribution is 5.91. The largest absolute Gasteiger partial charge is 0.416 e. The zero-order chi connectivity index (χ0) is 16.9. The van der Waals surface area contributed by atoms with Crippen LogP contribution in [0.2, 0.25) is 0 Å². The first kappa shape index (κ1) is 16.6. The van der Waals surface area contributed by atoms with Crippen molar-refractivity contribution in [3.8, 4) is 12.3 Å². The van der Waals surface area contributed by atoms with Gasteiger partial charge in [-0.05, 0) is 36.2 Å². The van der Waals surface area contributed by atoms with E-state index < -0.39 is 11.7 Å². The molecule has 2 aromatic carbocycles. The van der Waals surface area contributed by atoms with E-state index in [0.29, 0.717) is 16.8 Å². The summed E-state index contributed by atoms with van der Waals surface area (Å²) in [7, 11) is 0. The lowest BCUT2D eigenvalue weighted by atomic mass is 10.1. The molecule has 0 atom stereocenters. The van der Waals surface area contributed by atoms with E-state index >= 15 is 0 Å². The van der Waals surface area contributed by atoms with Crippen LogP contribution in [0.4, 0.5) is 18.9 Å². The molecule has 1 N–H and O–H groups in total. The Balaban J connectivity index is 1.95. The fourth-order valence-electron chi connectivity index (χ4n) is 2.07. The van der Waals surface area contributed by atoms with E-state index in [1.165, 1.54) is 6.07 Å². The first-order chi connectivity index (χ1) is 10.9. The lowest BCUT2D eigenvalue weighted by molar-refractivity contribution is -0.137. The Morgan fingerprint density at radius 2 is 1.87 bits per heavy atom. The molecule has 0 heterocycles. The van der Waals surface area contributed by atoms with Gasteiger partial charge >= 0.3 is 6.18 Å². The molecule has 5 heteroatoms. The number of nitrogens with one attached hydrogen (secondary N) is 1. The number of hydrogen-bond donors (Lipinski definition) is 1. The van der Waals surface area contributed by atoms with Gasteiger partial charge in [0.1, 0.15) is 0 Å². The molecule has 0 aromatic heterocycles. The first-order valence-corrected chi connectivity index (χ1v) is 6.91. The summed E-state index contributed by atoms with van der Waals surface area (Å²) in [6.45, 7) is 0. The van der Waals surface area contributed by atoms with Gasteiger partial charge in [0.2, 0.25) is 5.91 Å². The van der Waals surface area contributed by atoms with Crippen LogP contribution < -0.4 is 5.32 Å². The van der Waals surface area contributed by atoms with E-state index in [4.69, 9.17) is 6.42 Å². The zero-order valence-corrected chi connectivity index (χ0v) is 12.2. The molecular formula is C18H14F3NO. The molecule has 0 unspecified atom stereocenters. The third kappa shape index (κ3) is 4.89. The van der Waals surface area contributed by atoms with Gasteiger partial charge in [-0.15, -0.1) is 6.42 Å². The minimum atomic E-state index is -4.38. The second-order valence-electron chi connectivity index (χ2n) is 4.97. The summed E-state index contributed by atoms with van der Waals surface area (Å²) < 4.78 is 37.9. The van der Waals surface area contributed by atoms with Crippen molar-refractivity contribution in [3.05, 3.63) is 65.2 Å². The second kappa shape index (κ2) is 7.01. The van der Waals surface area contributed by atoms with Gasteiger partial charge in [-0.3, -0.25) is 4.79 Å². The van der Waals surface area contributed by atoms with Crippen LogP contribution in [0.25, 0.3) is 0 Å². The van der Waals surface area contributed by atoms with Crippen molar-refractivity contribution in [3.63, 3.8) is 0 Å². The van der Waals surface area contributed by atoms with E-state index in [1.807, 2.05) is 0 Å². The van der Waals surface area contributed by atoms with Crippen LogP contribution in [-0.4, -0.2) is 5.91 Å². The molecule has 1 amide bonds. The van der Waals surface area contributed by atoms with E-state index in [1.54, 1.807) is 30.3 Å². The third-order valence-corrected chi connectivity index (χ3v) is 3.21. The minimum Gasteiger partial charge on any atom is -0.326 e. The van der Waals surface area contributed by atoms with E-state index in [9.17, 15) is 18.0 Å². The van der Waals surface area contributed by atoms with Crippen LogP contribution in [0.3, 0.4) is 0 Å². The van der Waals surface area contributed by atoms with Gasteiger partial charge in [0.05, 0.1) is 5.56 Å². The number of amides is 1. The maximum atomic E-state index is 12.6. The lowest BCUT2D eigenvalue weighted by Crippen LogP contribution is -2.12. The van der Waals surface area contributed by atoms with Crippen molar-refractivity contribution >= 4 is 11.6 Å². The summed E-state index contributed by atoms with van der Waals surface area (Å²) >= 11 is 0. The standard InChI is InChI=1S/C18H14F3NO/c1-2-13-5-4-8-16(12-13)22-17(23)10-9-14-6-3-7-15(11-14)18(19,20)21/h1,3-8,11-12H,9-10H2,(H,22,23). The van der Waals surface area contributed by atoms with Gasteiger partial charge in [0.25, 0.3) is 0 Å². The van der Waals surface area contributed by atoms with E-state index in [-0.39, 0.29) is 18.7 Å². The lowest BCUT2D eigenvalue weighted by Gasteiger charge is -2.09. The Labute approximate surface area is 132 Å². The van der Waals surface area contributed by atoms with Gasteiger partial charge in [0.15, 0.2) is 0 Å². The Bertz CT molecular complexity index is 744. The Kier molecular flexibility index (Phi) is 5.07. The van der Waals surface area contributed by atoms with Gasteiger partial charge in [-0.2, -0.15) is 13.2 Å². The number of rotatable bonds is 4. The van der Waals surface area contributed by atoms with Gasteiger partial charge in [-0.1, -0.05) is 30.2 Å². The Hall–Kier alpha value is -2.74. The monoisotopic (exact) mass is 317 g/mol. The van der Waals surface area contributed by atoms with Crippen LogP contribution in [0.15, 0.2) is 48.5 Å². The third-order valence-electron chi connectivity index (χ3n) is 3.21. The number of anilines is 1. The second-order valence-corrected chi connectivity index (χ2v) is 4.97. The number of hydrogen-bond acceptors (Lipinski definition) is 1. The molecule has 0 aliphatic rings. The molecule has 118 valence electrons. The predicted molar refractivity (Wildman–Crippen MR) is 82.8 cm³/mol. The number of aryl methyl sites for hydroxylation is 1. The average Bonchev–Trinajstić information content (AvgIpc) is 2.52. The summed E-state index contributed by atoms with van der Waals surface area (Å²) in [5.41, 5.74) is 0.958. The number of halogens is 3. The molecule has 2 rings (SSSR count). The molecule has 0 spiro atoms. The van der Waals surface area contributed by atoms with E-state index in [2.05, 4.69) is 11.2 Å². The van der Waals surface area contributed by atoms with Crippen molar-refractivity contribution in [1.29, 1.82) is 0 Å². The predicted octanol–water partition coefficient (Wildman–Crippen LogP) is 4.26. The molecule has 0 aliphatic carbocycles. The number of benzene rings is 2. The molecule has 0 radical (unpaired) electrons. The topological polar surface area (TPSA) is 29.1 Å². The molecular weight excluding hydrogens is 303 g/mol. The molecule has 2 nitrogen and oxygen atoms in total. The van der Waals surface area contributed by atoms with Crippen molar-refractivity contribution < 1.29 is 18.0 Å². The number of carbonyl (C=O) groups excluding carboxylic acids is 1. The number of alkyl halides is 3. The van der Waals surface area contributed by atoms with Gasteiger partial charge in [0, 0.05) is 17.7 Å². The molecule has 0 saturated carbocycles. The van der Waals surface area contributed by atoms with Gasteiger partial charge < -0.3 is 5.32 Å². The van der Waals surface area contributed by atoms with Crippen molar-refractivity contribution in [2.45, 2.75) is 19.0 Å². The highest BCUT2D eigenvalue weighted by Gasteiger charge is 2.30. The highest BCUT2D eigenvalue weighted by atomic mass is 19.4. The molecule has 0 aliphatic heterocycles. The summed E-state index contributed by atoms with van der Waals surface area (Å²) in [5, 5.41) is 2.68. The molecule has 0 saturated heterocycles. The molecule has 0 fully saturated rings. The van der Waals surface area contributed by atoms with Crippen LogP contribution in [0.1, 0.15) is 23.1 Å². The fraction of sp³-hybridized carbons (Fsp3) is 0.167. The summed E-state index contributed by atoms with van der Waals surface area (Å²) in [6.07, 6.45) is 1.21. The highest BCUT2D eigenvalue weighted by Crippen LogP contribution is 2.29. The normalized spacial score (nSPS) is 10.9. The maximum absolute atomic E-state index is 12.6. The Morgan fingerprint density at radius 1 is 1.13 bits per heavy atom. The number of carbonyl (C=O) groups is 1. The van der Waals surface area contributed by atoms with Crippen molar-refractivity contribution in [2.24, 2.45) is 0 Å². The van der Waals surface area contributed by atoms with E-state index in [0.717, 1.165) is 12.1 Å². The summed E-state index contributed by atoms with van der Waals surface area (Å²) in [6, 6.07) is 11.8. The SMILES string of the molecule is C#Cc1cccc(NC(=O)CCc2cccc(C(F)(F)F)c2)c1. The van der Waals surface area contributed by atoms with Crippen LogP contribution in [-0.2, 0) is 17.4 Å². The van der Waals surface area contributed by atoms with Crippen LogP contribution in [0, 0.1) is 12.3 Å². The number of terminal acetylenes is 1. The van der Waals surface area contributed by atoms with Gasteiger partial charge in [-0.25, -0.2) is 0 Å². The molecule has 2 aromatic rings. The van der Waals surface area contributed by atoms with Crippen molar-refractivity contribution in [1.82, 2.24) is 0 Å². The average molecular weight is 317 g/mol. The molecule has 23 heavy (non-hydrogen) atoms. The Morgan fingerprint density at radius 3 is 2.57 bits per heavy atom. The minimum absolute atomic E-state index is 0.0849. The van der Waals surface area contributed by atoms with Crippen LogP contribution >= 0.6 is 0 Å². The first-order valence-electron chi connectivity index (χ1n) is 6.91. The maximum Gasteiger partial charge on any atom is 0.416 e. The quantitative estimate of drug-likeness (QED) is 0.839. The molecule has 0 bridgehead atoms. The zero-order valence-electron chi connectivity index (χ0n) is 12.2.